The summed E-state index contributed by atoms with van der Waals surface area (Å²) < 4.78 is 21.7. The summed E-state index contributed by atoms with van der Waals surface area (Å²) in [6, 6.07) is 4.18. The van der Waals surface area contributed by atoms with Gasteiger partial charge in [-0.05, 0) is 76.6 Å². The Morgan fingerprint density at radius 3 is 2.24 bits per heavy atom. The van der Waals surface area contributed by atoms with Crippen LogP contribution in [0.15, 0.2) is 12.1 Å². The Hall–Kier alpha value is -1.42. The number of aryl methyl sites for hydroxylation is 1. The molecule has 0 saturated carbocycles. The Morgan fingerprint density at radius 1 is 1.12 bits per heavy atom. The van der Waals surface area contributed by atoms with Gasteiger partial charge in [0.25, 0.3) is 0 Å². The number of ether oxygens (including phenoxy) is 4. The third-order valence-corrected chi connectivity index (χ3v) is 6.71. The van der Waals surface area contributed by atoms with Gasteiger partial charge in [-0.2, -0.15) is 0 Å². The summed E-state index contributed by atoms with van der Waals surface area (Å²) in [6.45, 7) is 14.8. The van der Waals surface area contributed by atoms with Gasteiger partial charge in [0.1, 0.15) is 6.10 Å². The highest BCUT2D eigenvalue weighted by atomic mass is 16.8. The Balaban J connectivity index is 2.16. The first-order valence-corrected chi connectivity index (χ1v) is 12.1. The second-order valence-corrected chi connectivity index (χ2v) is 9.27. The van der Waals surface area contributed by atoms with E-state index in [1.54, 1.807) is 0 Å². The van der Waals surface area contributed by atoms with Crippen LogP contribution >= 0.6 is 0 Å². The van der Waals surface area contributed by atoms with E-state index in [1.165, 1.54) is 5.56 Å². The van der Waals surface area contributed by atoms with Crippen molar-refractivity contribution in [1.82, 2.24) is 0 Å². The number of aliphatic hydroxyl groups excluding tert-OH is 1. The monoisotopic (exact) mass is 468 g/mol. The zero-order valence-electron chi connectivity index (χ0n) is 21.2. The number of anilines is 2. The molecule has 2 unspecified atom stereocenters. The fourth-order valence-corrected chi connectivity index (χ4v) is 4.19. The number of hydrogen-bond acceptors (Lipinski definition) is 8. The van der Waals surface area contributed by atoms with Gasteiger partial charge < -0.3 is 39.8 Å². The van der Waals surface area contributed by atoms with Crippen molar-refractivity contribution in [3.63, 3.8) is 0 Å². The number of aliphatic hydroxyl groups is 2. The van der Waals surface area contributed by atoms with Gasteiger partial charge in [-0.25, -0.2) is 0 Å². The van der Waals surface area contributed by atoms with Crippen LogP contribution in [-0.4, -0.2) is 74.0 Å². The minimum atomic E-state index is -2.14. The predicted molar refractivity (Wildman–Crippen MR) is 130 cm³/mol. The van der Waals surface area contributed by atoms with Crippen molar-refractivity contribution in [3.8, 4) is 0 Å². The molecule has 1 aromatic rings. The fraction of sp³-hybridized carbons (Fsp3) is 0.760. The molecule has 8 nitrogen and oxygen atoms in total. The Bertz CT molecular complexity index is 730. The van der Waals surface area contributed by atoms with Gasteiger partial charge in [-0.15, -0.1) is 0 Å². The van der Waals surface area contributed by atoms with Crippen LogP contribution < -0.4 is 10.6 Å². The lowest BCUT2D eigenvalue weighted by atomic mass is 9.77. The van der Waals surface area contributed by atoms with Crippen LogP contribution in [0, 0.1) is 12.8 Å². The van der Waals surface area contributed by atoms with E-state index in [2.05, 4.69) is 37.8 Å². The summed E-state index contributed by atoms with van der Waals surface area (Å²) in [4.78, 5) is 2.30. The molecular formula is C25H44N2O6. The molecule has 190 valence electrons. The lowest BCUT2D eigenvalue weighted by Gasteiger charge is -2.50. The maximum Gasteiger partial charge on any atom is 0.308 e. The highest BCUT2D eigenvalue weighted by Crippen LogP contribution is 2.42. The van der Waals surface area contributed by atoms with Crippen LogP contribution in [0.5, 0.6) is 0 Å². The second-order valence-electron chi connectivity index (χ2n) is 9.27. The summed E-state index contributed by atoms with van der Waals surface area (Å²) in [5, 5.41) is 22.0. The lowest BCUT2D eigenvalue weighted by molar-refractivity contribution is -0.398. The minimum Gasteiger partial charge on any atom is -0.399 e. The third kappa shape index (κ3) is 7.04. The molecule has 0 radical (unpaired) electrons. The molecule has 2 atom stereocenters. The summed E-state index contributed by atoms with van der Waals surface area (Å²) in [7, 11) is 0. The molecule has 0 aromatic heterocycles. The van der Waals surface area contributed by atoms with Gasteiger partial charge in [-0.1, -0.05) is 6.92 Å². The van der Waals surface area contributed by atoms with Gasteiger partial charge in [0.2, 0.25) is 0 Å². The number of benzene rings is 1. The van der Waals surface area contributed by atoms with Gasteiger partial charge >= 0.3 is 5.97 Å². The van der Waals surface area contributed by atoms with Crippen molar-refractivity contribution in [2.45, 2.75) is 72.0 Å². The standard InChI is InChI=1S/C25H44N2O6/c1-7-30-11-13-32-25(29,33-14-12-31-8-2)23(28)9-10-27-22-15-18(3)21(26)17-20(22)16-19(4)24(27,5)6/h15,17,19,23,28-29H,7-14,16,26H2,1-6H3. The second kappa shape index (κ2) is 12.3. The molecule has 4 N–H and O–H groups in total. The van der Waals surface area contributed by atoms with Crippen LogP contribution in [0.25, 0.3) is 0 Å². The zero-order valence-corrected chi connectivity index (χ0v) is 21.2. The third-order valence-electron chi connectivity index (χ3n) is 6.71. The van der Waals surface area contributed by atoms with Crippen molar-refractivity contribution in [2.24, 2.45) is 5.92 Å². The molecule has 0 bridgehead atoms. The fourth-order valence-electron chi connectivity index (χ4n) is 4.19. The first kappa shape index (κ1) is 27.8. The molecular weight excluding hydrogens is 424 g/mol. The quantitative estimate of drug-likeness (QED) is 0.217. The van der Waals surface area contributed by atoms with E-state index in [-0.39, 0.29) is 25.2 Å². The van der Waals surface area contributed by atoms with Crippen molar-refractivity contribution in [3.05, 3.63) is 23.3 Å². The van der Waals surface area contributed by atoms with Crippen molar-refractivity contribution >= 4 is 11.4 Å². The Labute approximate surface area is 199 Å². The topological polar surface area (TPSA) is 107 Å². The Morgan fingerprint density at radius 2 is 1.70 bits per heavy atom. The van der Waals surface area contributed by atoms with Gasteiger partial charge in [0, 0.05) is 36.7 Å². The van der Waals surface area contributed by atoms with Crippen LogP contribution in [-0.2, 0) is 25.4 Å². The highest BCUT2D eigenvalue weighted by Gasteiger charge is 2.42. The smallest absolute Gasteiger partial charge is 0.308 e. The molecule has 1 aliphatic heterocycles. The van der Waals surface area contributed by atoms with Crippen LogP contribution in [0.3, 0.4) is 0 Å². The minimum absolute atomic E-state index is 0.101. The molecule has 1 heterocycles. The number of fused-ring (bicyclic) bond motifs is 1. The maximum absolute atomic E-state index is 11.0. The molecule has 33 heavy (non-hydrogen) atoms. The van der Waals surface area contributed by atoms with E-state index in [9.17, 15) is 10.2 Å². The molecule has 0 spiro atoms. The molecule has 2 rings (SSSR count). The number of hydrogen-bond donors (Lipinski definition) is 3. The van der Waals surface area contributed by atoms with Crippen LogP contribution in [0.4, 0.5) is 11.4 Å². The van der Waals surface area contributed by atoms with Crippen molar-refractivity contribution < 1.29 is 29.2 Å². The maximum atomic E-state index is 11.0. The lowest BCUT2D eigenvalue weighted by Crippen LogP contribution is -2.55. The van der Waals surface area contributed by atoms with E-state index in [1.807, 2.05) is 20.8 Å². The SMILES string of the molecule is CCOCCOC(O)(OCCOCC)C(O)CCN1c2cc(C)c(N)cc2CC(C)C1(C)C. The summed E-state index contributed by atoms with van der Waals surface area (Å²) in [5.74, 6) is -1.76. The molecule has 0 fully saturated rings. The summed E-state index contributed by atoms with van der Waals surface area (Å²) in [6.07, 6.45) is -0.0672. The van der Waals surface area contributed by atoms with Gasteiger partial charge in [0.15, 0.2) is 0 Å². The molecule has 0 aliphatic carbocycles. The van der Waals surface area contributed by atoms with Crippen LogP contribution in [0.2, 0.25) is 0 Å². The van der Waals surface area contributed by atoms with E-state index >= 15 is 0 Å². The van der Waals surface area contributed by atoms with E-state index in [0.29, 0.717) is 38.9 Å². The number of rotatable bonds is 14. The Kier molecular flexibility index (Phi) is 10.4. The number of nitrogen functional groups attached to an aromatic ring is 1. The average Bonchev–Trinajstić information content (AvgIpc) is 2.76. The van der Waals surface area contributed by atoms with Crippen molar-refractivity contribution in [1.29, 1.82) is 0 Å². The van der Waals surface area contributed by atoms with Crippen LogP contribution in [0.1, 0.15) is 52.2 Å². The summed E-state index contributed by atoms with van der Waals surface area (Å²) >= 11 is 0. The normalized spacial score (nSPS) is 18.9. The first-order chi connectivity index (χ1) is 15.6. The molecule has 1 aliphatic rings. The molecule has 8 heteroatoms. The molecule has 1 aromatic carbocycles. The highest BCUT2D eigenvalue weighted by molar-refractivity contribution is 5.66. The van der Waals surface area contributed by atoms with E-state index < -0.39 is 12.1 Å². The van der Waals surface area contributed by atoms with E-state index in [4.69, 9.17) is 24.7 Å². The predicted octanol–water partition coefficient (Wildman–Crippen LogP) is 2.86. The molecule has 0 amide bonds. The number of nitrogens with two attached hydrogens (primary N) is 1. The van der Waals surface area contributed by atoms with Crippen molar-refractivity contribution in [2.75, 3.05) is 56.8 Å². The zero-order chi connectivity index (χ0) is 24.6. The average molecular weight is 469 g/mol. The van der Waals surface area contributed by atoms with Gasteiger partial charge in [0.05, 0.1) is 26.4 Å². The number of nitrogens with zero attached hydrogens (tertiary/aromatic N) is 1. The molecule has 0 saturated heterocycles. The van der Waals surface area contributed by atoms with Gasteiger partial charge in [-0.3, -0.25) is 0 Å². The summed E-state index contributed by atoms with van der Waals surface area (Å²) in [5.41, 5.74) is 10.2. The van der Waals surface area contributed by atoms with E-state index in [0.717, 1.165) is 23.4 Å². The first-order valence-electron chi connectivity index (χ1n) is 12.1. The largest absolute Gasteiger partial charge is 0.399 e.